The van der Waals surface area contributed by atoms with Gasteiger partial charge in [-0.05, 0) is 41.4 Å². The Labute approximate surface area is 129 Å². The standard InChI is InChI=1S/C13H13BrN4O3/c1-3-17-7-9(14)12(16-17)13(19)15-10-5-4-8(2)6-11(10)18(20)21/h4-7H,3H2,1-2H3,(H,15,19). The van der Waals surface area contributed by atoms with Crippen LogP contribution in [0.25, 0.3) is 0 Å². The van der Waals surface area contributed by atoms with E-state index >= 15 is 0 Å². The topological polar surface area (TPSA) is 90.1 Å². The molecule has 0 saturated heterocycles. The van der Waals surface area contributed by atoms with Crippen molar-refractivity contribution < 1.29 is 9.72 Å². The molecule has 2 rings (SSSR count). The fraction of sp³-hybridized carbons (Fsp3) is 0.231. The van der Waals surface area contributed by atoms with Gasteiger partial charge in [-0.15, -0.1) is 0 Å². The van der Waals surface area contributed by atoms with Crippen molar-refractivity contribution in [1.82, 2.24) is 9.78 Å². The molecule has 1 aromatic heterocycles. The van der Waals surface area contributed by atoms with Gasteiger partial charge in [0.05, 0.1) is 9.40 Å². The predicted molar refractivity (Wildman–Crippen MR) is 81.4 cm³/mol. The fourth-order valence-corrected chi connectivity index (χ4v) is 2.29. The van der Waals surface area contributed by atoms with Crippen molar-refractivity contribution in [1.29, 1.82) is 0 Å². The van der Waals surface area contributed by atoms with Crippen molar-refractivity contribution in [2.24, 2.45) is 0 Å². The number of carbonyl (C=O) groups excluding carboxylic acids is 1. The van der Waals surface area contributed by atoms with Crippen LogP contribution in [-0.4, -0.2) is 20.6 Å². The van der Waals surface area contributed by atoms with Crippen LogP contribution < -0.4 is 5.32 Å². The molecular weight excluding hydrogens is 340 g/mol. The minimum Gasteiger partial charge on any atom is -0.315 e. The summed E-state index contributed by atoms with van der Waals surface area (Å²) in [7, 11) is 0. The maximum absolute atomic E-state index is 12.2. The maximum atomic E-state index is 12.2. The van der Waals surface area contributed by atoms with Gasteiger partial charge in [-0.25, -0.2) is 0 Å². The Morgan fingerprint density at radius 2 is 2.24 bits per heavy atom. The average molecular weight is 353 g/mol. The average Bonchev–Trinajstić information content (AvgIpc) is 2.82. The number of hydrogen-bond donors (Lipinski definition) is 1. The smallest absolute Gasteiger partial charge is 0.293 e. The van der Waals surface area contributed by atoms with E-state index in [2.05, 4.69) is 26.3 Å². The quantitative estimate of drug-likeness (QED) is 0.675. The summed E-state index contributed by atoms with van der Waals surface area (Å²) in [6, 6.07) is 4.62. The first-order valence-electron chi connectivity index (χ1n) is 6.21. The number of rotatable bonds is 4. The normalized spacial score (nSPS) is 10.4. The van der Waals surface area contributed by atoms with E-state index in [0.717, 1.165) is 5.56 Å². The molecule has 21 heavy (non-hydrogen) atoms. The van der Waals surface area contributed by atoms with Crippen molar-refractivity contribution in [2.45, 2.75) is 20.4 Å². The maximum Gasteiger partial charge on any atom is 0.293 e. The lowest BCUT2D eigenvalue weighted by Crippen LogP contribution is -2.15. The highest BCUT2D eigenvalue weighted by molar-refractivity contribution is 9.10. The molecule has 8 heteroatoms. The molecule has 7 nitrogen and oxygen atoms in total. The first-order chi connectivity index (χ1) is 9.92. The molecule has 1 aromatic carbocycles. The largest absolute Gasteiger partial charge is 0.315 e. The van der Waals surface area contributed by atoms with Gasteiger partial charge in [-0.3, -0.25) is 19.6 Å². The molecular formula is C13H13BrN4O3. The molecule has 0 atom stereocenters. The van der Waals surface area contributed by atoms with Gasteiger partial charge in [0, 0.05) is 18.8 Å². The van der Waals surface area contributed by atoms with E-state index in [9.17, 15) is 14.9 Å². The molecule has 0 aliphatic rings. The lowest BCUT2D eigenvalue weighted by atomic mass is 10.2. The number of carbonyl (C=O) groups is 1. The van der Waals surface area contributed by atoms with Crippen molar-refractivity contribution in [3.63, 3.8) is 0 Å². The molecule has 0 radical (unpaired) electrons. The Hall–Kier alpha value is -2.22. The van der Waals surface area contributed by atoms with Crippen LogP contribution >= 0.6 is 15.9 Å². The van der Waals surface area contributed by atoms with E-state index in [4.69, 9.17) is 0 Å². The zero-order valence-corrected chi connectivity index (χ0v) is 13.0. The molecule has 0 saturated carbocycles. The lowest BCUT2D eigenvalue weighted by Gasteiger charge is -2.05. The van der Waals surface area contributed by atoms with E-state index in [-0.39, 0.29) is 17.1 Å². The Balaban J connectivity index is 2.31. The molecule has 0 aliphatic heterocycles. The Bertz CT molecular complexity index is 711. The minimum atomic E-state index is -0.525. The molecule has 0 spiro atoms. The number of benzene rings is 1. The summed E-state index contributed by atoms with van der Waals surface area (Å²) in [4.78, 5) is 22.7. The number of anilines is 1. The summed E-state index contributed by atoms with van der Waals surface area (Å²) in [5, 5.41) is 17.7. The summed E-state index contributed by atoms with van der Waals surface area (Å²) in [5.41, 5.74) is 0.936. The van der Waals surface area contributed by atoms with E-state index < -0.39 is 10.8 Å². The molecule has 0 unspecified atom stereocenters. The predicted octanol–water partition coefficient (Wildman–Crippen LogP) is 3.13. The van der Waals surface area contributed by atoms with E-state index in [0.29, 0.717) is 11.0 Å². The Kier molecular flexibility index (Phi) is 4.37. The van der Waals surface area contributed by atoms with Crippen molar-refractivity contribution in [3.8, 4) is 0 Å². The number of hydrogen-bond acceptors (Lipinski definition) is 4. The first-order valence-corrected chi connectivity index (χ1v) is 7.01. The second kappa shape index (κ2) is 6.04. The SMILES string of the molecule is CCn1cc(Br)c(C(=O)Nc2ccc(C)cc2[N+](=O)[O-])n1. The van der Waals surface area contributed by atoms with Crippen LogP contribution in [0.2, 0.25) is 0 Å². The summed E-state index contributed by atoms with van der Waals surface area (Å²) in [6.07, 6.45) is 1.68. The van der Waals surface area contributed by atoms with E-state index in [1.54, 1.807) is 23.9 Å². The van der Waals surface area contributed by atoms with Gasteiger partial charge < -0.3 is 5.32 Å². The highest BCUT2D eigenvalue weighted by Gasteiger charge is 2.20. The van der Waals surface area contributed by atoms with Crippen LogP contribution in [0.5, 0.6) is 0 Å². The number of halogens is 1. The van der Waals surface area contributed by atoms with Crippen molar-refractivity contribution in [3.05, 3.63) is 50.2 Å². The van der Waals surface area contributed by atoms with Gasteiger partial charge in [0.15, 0.2) is 5.69 Å². The van der Waals surface area contributed by atoms with Crippen LogP contribution in [0.4, 0.5) is 11.4 Å². The van der Waals surface area contributed by atoms with Gasteiger partial charge >= 0.3 is 0 Å². The number of nitrogens with one attached hydrogen (secondary N) is 1. The van der Waals surface area contributed by atoms with Gasteiger partial charge in [-0.2, -0.15) is 5.10 Å². The summed E-state index contributed by atoms with van der Waals surface area (Å²) in [5.74, 6) is -0.499. The van der Waals surface area contributed by atoms with Gasteiger partial charge in [0.2, 0.25) is 0 Å². The molecule has 1 amide bonds. The Morgan fingerprint density at radius 3 is 2.81 bits per heavy atom. The molecule has 0 bridgehead atoms. The van der Waals surface area contributed by atoms with Crippen LogP contribution in [0.1, 0.15) is 23.0 Å². The monoisotopic (exact) mass is 352 g/mol. The minimum absolute atomic E-state index is 0.144. The zero-order chi connectivity index (χ0) is 15.6. The van der Waals surface area contributed by atoms with Crippen molar-refractivity contribution in [2.75, 3.05) is 5.32 Å². The fourth-order valence-electron chi connectivity index (χ4n) is 1.79. The molecule has 1 N–H and O–H groups in total. The highest BCUT2D eigenvalue weighted by atomic mass is 79.9. The van der Waals surface area contributed by atoms with Crippen molar-refractivity contribution >= 4 is 33.2 Å². The molecule has 2 aromatic rings. The number of nitrogens with zero attached hydrogens (tertiary/aromatic N) is 3. The van der Waals surface area contributed by atoms with Gasteiger partial charge in [-0.1, -0.05) is 6.07 Å². The number of aromatic nitrogens is 2. The number of aryl methyl sites for hydroxylation is 2. The number of nitro groups is 1. The third-order valence-corrected chi connectivity index (χ3v) is 3.43. The van der Waals surface area contributed by atoms with Crippen LogP contribution in [0.15, 0.2) is 28.9 Å². The third-order valence-electron chi connectivity index (χ3n) is 2.85. The molecule has 110 valence electrons. The van der Waals surface area contributed by atoms with E-state index in [1.165, 1.54) is 12.1 Å². The molecule has 0 fully saturated rings. The summed E-state index contributed by atoms with van der Waals surface area (Å²) < 4.78 is 2.14. The van der Waals surface area contributed by atoms with Crippen LogP contribution in [0.3, 0.4) is 0 Å². The second-order valence-electron chi connectivity index (χ2n) is 4.41. The third kappa shape index (κ3) is 3.27. The first kappa shape index (κ1) is 15.2. The number of amides is 1. The highest BCUT2D eigenvalue weighted by Crippen LogP contribution is 2.26. The number of nitro benzene ring substituents is 1. The lowest BCUT2D eigenvalue weighted by molar-refractivity contribution is -0.384. The van der Waals surface area contributed by atoms with Gasteiger partial charge in [0.25, 0.3) is 11.6 Å². The molecule has 0 aliphatic carbocycles. The van der Waals surface area contributed by atoms with Crippen LogP contribution in [0, 0.1) is 17.0 Å². The molecule has 1 heterocycles. The Morgan fingerprint density at radius 1 is 1.52 bits per heavy atom. The summed E-state index contributed by atoms with van der Waals surface area (Å²) in [6.45, 7) is 4.26. The zero-order valence-electron chi connectivity index (χ0n) is 11.5. The van der Waals surface area contributed by atoms with Crippen LogP contribution in [-0.2, 0) is 6.54 Å². The van der Waals surface area contributed by atoms with Gasteiger partial charge in [0.1, 0.15) is 5.69 Å². The summed E-state index contributed by atoms with van der Waals surface area (Å²) >= 11 is 3.25. The van der Waals surface area contributed by atoms with E-state index in [1.807, 2.05) is 6.92 Å². The second-order valence-corrected chi connectivity index (χ2v) is 5.27.